The normalized spacial score (nSPS) is 26.1. The molecule has 4 N–H and O–H groups in total. The van der Waals surface area contributed by atoms with Gasteiger partial charge in [-0.05, 0) is 42.9 Å². The number of primary amides is 1. The first-order valence-corrected chi connectivity index (χ1v) is 7.59. The summed E-state index contributed by atoms with van der Waals surface area (Å²) in [5.41, 5.74) is 13.2. The average molecular weight is 273 g/mol. The van der Waals surface area contributed by atoms with Crippen LogP contribution in [0.4, 0.5) is 11.4 Å². The number of hydrogen-bond donors (Lipinski definition) is 2. The van der Waals surface area contributed by atoms with Crippen molar-refractivity contribution in [1.29, 1.82) is 0 Å². The maximum Gasteiger partial charge on any atom is 0.250 e. The molecule has 1 saturated heterocycles. The number of amides is 1. The molecule has 4 nitrogen and oxygen atoms in total. The Labute approximate surface area is 120 Å². The van der Waals surface area contributed by atoms with Crippen LogP contribution in [0.3, 0.4) is 0 Å². The highest BCUT2D eigenvalue weighted by molar-refractivity contribution is 5.99. The van der Waals surface area contributed by atoms with Crippen LogP contribution in [-0.4, -0.2) is 19.0 Å². The SMILES string of the molecule is NC(=O)c1cc(N2CCC3CCCCC3C2)ccc1N. The summed E-state index contributed by atoms with van der Waals surface area (Å²) in [5.74, 6) is 1.27. The monoisotopic (exact) mass is 273 g/mol. The molecule has 1 aliphatic heterocycles. The van der Waals surface area contributed by atoms with Crippen LogP contribution in [0.25, 0.3) is 0 Å². The summed E-state index contributed by atoms with van der Waals surface area (Å²) in [6.07, 6.45) is 6.77. The molecule has 0 bridgehead atoms. The van der Waals surface area contributed by atoms with Crippen LogP contribution < -0.4 is 16.4 Å². The van der Waals surface area contributed by atoms with Crippen LogP contribution in [0.5, 0.6) is 0 Å². The first-order valence-electron chi connectivity index (χ1n) is 7.59. The van der Waals surface area contributed by atoms with Crippen molar-refractivity contribution in [3.05, 3.63) is 23.8 Å². The Morgan fingerprint density at radius 3 is 2.65 bits per heavy atom. The molecule has 1 amide bonds. The Morgan fingerprint density at radius 2 is 1.90 bits per heavy atom. The number of anilines is 2. The molecule has 1 heterocycles. The molecule has 4 heteroatoms. The standard InChI is InChI=1S/C16H23N3O/c17-15-6-5-13(9-14(15)16(18)20)19-8-7-11-3-1-2-4-12(11)10-19/h5-6,9,11-12H,1-4,7-8,10,17H2,(H2,18,20). The lowest BCUT2D eigenvalue weighted by atomic mass is 9.75. The number of hydrogen-bond acceptors (Lipinski definition) is 3. The summed E-state index contributed by atoms with van der Waals surface area (Å²) in [5, 5.41) is 0. The lowest BCUT2D eigenvalue weighted by molar-refractivity contribution is 0.100. The van der Waals surface area contributed by atoms with Gasteiger partial charge in [-0.1, -0.05) is 19.3 Å². The number of nitrogens with zero attached hydrogens (tertiary/aromatic N) is 1. The van der Waals surface area contributed by atoms with Gasteiger partial charge in [0.1, 0.15) is 0 Å². The summed E-state index contributed by atoms with van der Waals surface area (Å²) in [7, 11) is 0. The van der Waals surface area contributed by atoms with Crippen molar-refractivity contribution in [2.75, 3.05) is 23.7 Å². The molecule has 0 aromatic heterocycles. The smallest absolute Gasteiger partial charge is 0.250 e. The zero-order valence-corrected chi connectivity index (χ0v) is 11.8. The fourth-order valence-electron chi connectivity index (χ4n) is 3.79. The number of rotatable bonds is 2. The van der Waals surface area contributed by atoms with E-state index in [-0.39, 0.29) is 0 Å². The van der Waals surface area contributed by atoms with Gasteiger partial charge in [0, 0.05) is 24.5 Å². The van der Waals surface area contributed by atoms with Gasteiger partial charge in [-0.2, -0.15) is 0 Å². The summed E-state index contributed by atoms with van der Waals surface area (Å²) in [6.45, 7) is 2.18. The number of nitrogens with two attached hydrogens (primary N) is 2. The minimum absolute atomic E-state index is 0.438. The lowest BCUT2D eigenvalue weighted by Gasteiger charge is -2.42. The highest BCUT2D eigenvalue weighted by Gasteiger charge is 2.31. The molecule has 0 spiro atoms. The van der Waals surface area contributed by atoms with Crippen LogP contribution in [0.2, 0.25) is 0 Å². The zero-order valence-electron chi connectivity index (χ0n) is 11.8. The molecule has 1 aromatic rings. The van der Waals surface area contributed by atoms with E-state index in [2.05, 4.69) is 4.90 Å². The van der Waals surface area contributed by atoms with Gasteiger partial charge in [-0.25, -0.2) is 0 Å². The largest absolute Gasteiger partial charge is 0.398 e. The molecular formula is C16H23N3O. The van der Waals surface area contributed by atoms with Crippen molar-refractivity contribution >= 4 is 17.3 Å². The maximum absolute atomic E-state index is 11.4. The predicted octanol–water partition coefficient (Wildman–Crippen LogP) is 2.38. The van der Waals surface area contributed by atoms with Crippen molar-refractivity contribution in [1.82, 2.24) is 0 Å². The second-order valence-corrected chi connectivity index (χ2v) is 6.18. The third-order valence-corrected chi connectivity index (χ3v) is 4.96. The fraction of sp³-hybridized carbons (Fsp3) is 0.562. The Hall–Kier alpha value is -1.71. The lowest BCUT2D eigenvalue weighted by Crippen LogP contribution is -2.41. The Balaban J connectivity index is 1.79. The number of nitrogen functional groups attached to an aromatic ring is 1. The van der Waals surface area contributed by atoms with Gasteiger partial charge in [0.15, 0.2) is 0 Å². The van der Waals surface area contributed by atoms with Gasteiger partial charge in [-0.3, -0.25) is 4.79 Å². The van der Waals surface area contributed by atoms with Crippen molar-refractivity contribution in [3.8, 4) is 0 Å². The molecular weight excluding hydrogens is 250 g/mol. The molecule has 2 unspecified atom stereocenters. The maximum atomic E-state index is 11.4. The molecule has 1 aliphatic carbocycles. The van der Waals surface area contributed by atoms with E-state index in [0.717, 1.165) is 30.6 Å². The minimum Gasteiger partial charge on any atom is -0.398 e. The molecule has 2 fully saturated rings. The Kier molecular flexibility index (Phi) is 3.55. The van der Waals surface area contributed by atoms with Crippen LogP contribution in [0.15, 0.2) is 18.2 Å². The number of benzene rings is 1. The van der Waals surface area contributed by atoms with Crippen LogP contribution in [0.1, 0.15) is 42.5 Å². The molecule has 2 atom stereocenters. The van der Waals surface area contributed by atoms with Crippen molar-refractivity contribution < 1.29 is 4.79 Å². The first kappa shape index (κ1) is 13.3. The van der Waals surface area contributed by atoms with Crippen molar-refractivity contribution in [2.45, 2.75) is 32.1 Å². The van der Waals surface area contributed by atoms with Gasteiger partial charge in [0.25, 0.3) is 5.91 Å². The van der Waals surface area contributed by atoms with E-state index in [9.17, 15) is 4.79 Å². The molecule has 1 saturated carbocycles. The number of carbonyl (C=O) groups excluding carboxylic acids is 1. The highest BCUT2D eigenvalue weighted by Crippen LogP contribution is 2.37. The highest BCUT2D eigenvalue weighted by atomic mass is 16.1. The van der Waals surface area contributed by atoms with Crippen molar-refractivity contribution in [2.24, 2.45) is 17.6 Å². The van der Waals surface area contributed by atoms with Gasteiger partial charge < -0.3 is 16.4 Å². The zero-order chi connectivity index (χ0) is 14.1. The van der Waals surface area contributed by atoms with E-state index in [4.69, 9.17) is 11.5 Å². The van der Waals surface area contributed by atoms with Crippen molar-refractivity contribution in [3.63, 3.8) is 0 Å². The van der Waals surface area contributed by atoms with Gasteiger partial charge >= 0.3 is 0 Å². The van der Waals surface area contributed by atoms with E-state index in [1.807, 2.05) is 12.1 Å². The van der Waals surface area contributed by atoms with Gasteiger partial charge in [-0.15, -0.1) is 0 Å². The summed E-state index contributed by atoms with van der Waals surface area (Å²) >= 11 is 0. The summed E-state index contributed by atoms with van der Waals surface area (Å²) in [4.78, 5) is 13.8. The van der Waals surface area contributed by atoms with Crippen LogP contribution >= 0.6 is 0 Å². The molecule has 108 valence electrons. The summed E-state index contributed by atoms with van der Waals surface area (Å²) < 4.78 is 0. The average Bonchev–Trinajstić information content (AvgIpc) is 2.47. The first-order chi connectivity index (χ1) is 9.65. The minimum atomic E-state index is -0.447. The summed E-state index contributed by atoms with van der Waals surface area (Å²) in [6, 6.07) is 5.65. The van der Waals surface area contributed by atoms with E-state index >= 15 is 0 Å². The Morgan fingerprint density at radius 1 is 1.15 bits per heavy atom. The topological polar surface area (TPSA) is 72.4 Å². The molecule has 3 rings (SSSR count). The number of fused-ring (bicyclic) bond motifs is 1. The molecule has 20 heavy (non-hydrogen) atoms. The molecule has 2 aliphatic rings. The quantitative estimate of drug-likeness (QED) is 0.813. The van der Waals surface area contributed by atoms with E-state index in [1.54, 1.807) is 6.07 Å². The van der Waals surface area contributed by atoms with E-state index in [0.29, 0.717) is 11.3 Å². The van der Waals surface area contributed by atoms with Gasteiger partial charge in [0.2, 0.25) is 0 Å². The van der Waals surface area contributed by atoms with Crippen LogP contribution in [0, 0.1) is 11.8 Å². The van der Waals surface area contributed by atoms with Crippen LogP contribution in [-0.2, 0) is 0 Å². The van der Waals surface area contributed by atoms with Gasteiger partial charge in [0.05, 0.1) is 5.56 Å². The molecule has 1 aromatic carbocycles. The fourth-order valence-corrected chi connectivity index (χ4v) is 3.79. The Bertz CT molecular complexity index is 514. The molecule has 0 radical (unpaired) electrons. The number of piperidine rings is 1. The third-order valence-electron chi connectivity index (χ3n) is 4.96. The second kappa shape index (κ2) is 5.35. The van der Waals surface area contributed by atoms with E-state index < -0.39 is 5.91 Å². The number of carbonyl (C=O) groups is 1. The van der Waals surface area contributed by atoms with E-state index in [1.165, 1.54) is 32.1 Å². The predicted molar refractivity (Wildman–Crippen MR) is 81.7 cm³/mol. The second-order valence-electron chi connectivity index (χ2n) is 6.18. The third kappa shape index (κ3) is 2.47.